The van der Waals surface area contributed by atoms with Crippen molar-refractivity contribution in [2.45, 2.75) is 355 Å². The second-order valence-corrected chi connectivity index (χ2v) is 25.4. The molecule has 526 valence electrons. The molecule has 90 heavy (non-hydrogen) atoms. The zero-order valence-corrected chi connectivity index (χ0v) is 54.7. The summed E-state index contributed by atoms with van der Waals surface area (Å²) < 4.78 is 34.8. The van der Waals surface area contributed by atoms with Crippen molar-refractivity contribution in [2.75, 3.05) is 26.4 Å². The third kappa shape index (κ3) is 30.3. The molecule has 0 aromatic heterocycles. The van der Waals surface area contributed by atoms with Crippen molar-refractivity contribution in [2.24, 2.45) is 0 Å². The van der Waals surface area contributed by atoms with E-state index in [1.54, 1.807) is 0 Å². The zero-order valence-electron chi connectivity index (χ0n) is 54.7. The number of unbranched alkanes of at least 4 members (excludes halogenated alkanes) is 28. The number of carboxylic acids is 1. The Labute approximate surface area is 536 Å². The van der Waals surface area contributed by atoms with Gasteiger partial charge in [0.05, 0.1) is 50.7 Å². The zero-order chi connectivity index (χ0) is 66.1. The number of ether oxygens (including phenoxy) is 6. The van der Waals surface area contributed by atoms with Crippen LogP contribution in [-0.4, -0.2) is 215 Å². The number of rotatable bonds is 52. The molecule has 23 nitrogen and oxygen atoms in total. The van der Waals surface area contributed by atoms with Crippen molar-refractivity contribution in [3.8, 4) is 0 Å². The number of carboxylic acid groups (broad SMARTS) is 1. The van der Waals surface area contributed by atoms with Gasteiger partial charge in [0, 0.05) is 19.8 Å². The fourth-order valence-electron chi connectivity index (χ4n) is 12.1. The molecule has 0 bridgehead atoms. The Bertz CT molecular complexity index is 1920. The van der Waals surface area contributed by atoms with Gasteiger partial charge < -0.3 is 100 Å². The Hall–Kier alpha value is -2.79. The molecule has 3 aliphatic rings. The van der Waals surface area contributed by atoms with Crippen LogP contribution in [0.3, 0.4) is 0 Å². The number of hydrogen-bond acceptors (Lipinski definition) is 20. The molecule has 18 atom stereocenters. The van der Waals surface area contributed by atoms with Gasteiger partial charge in [0.2, 0.25) is 11.8 Å². The Morgan fingerprint density at radius 3 is 1.56 bits per heavy atom. The van der Waals surface area contributed by atoms with Crippen LogP contribution in [-0.2, 0) is 42.8 Å². The van der Waals surface area contributed by atoms with Gasteiger partial charge in [-0.15, -0.1) is 0 Å². The fraction of sp³-hybridized carbons (Fsp3) is 0.896. The van der Waals surface area contributed by atoms with Crippen molar-refractivity contribution in [3.63, 3.8) is 0 Å². The summed E-state index contributed by atoms with van der Waals surface area (Å²) in [6.45, 7) is 2.19. The number of aliphatic hydroxyl groups excluding tert-OH is 11. The van der Waals surface area contributed by atoms with Crippen LogP contribution in [0.1, 0.15) is 245 Å². The first-order chi connectivity index (χ1) is 43.4. The average molecular weight is 1290 g/mol. The van der Waals surface area contributed by atoms with Crippen LogP contribution in [0.2, 0.25) is 0 Å². The average Bonchev–Trinajstić information content (AvgIpc) is 0.889. The second-order valence-electron chi connectivity index (χ2n) is 25.4. The molecule has 3 fully saturated rings. The van der Waals surface area contributed by atoms with Crippen LogP contribution in [0.15, 0.2) is 24.3 Å². The molecule has 0 spiro atoms. The number of amides is 2. The smallest absolute Gasteiger partial charge is 0.364 e. The minimum absolute atomic E-state index is 0.214. The van der Waals surface area contributed by atoms with Gasteiger partial charge in [0.25, 0.3) is 5.79 Å². The molecule has 3 saturated heterocycles. The molecule has 0 saturated carbocycles. The van der Waals surface area contributed by atoms with Crippen LogP contribution in [0.25, 0.3) is 0 Å². The maximum Gasteiger partial charge on any atom is 0.364 e. The minimum Gasteiger partial charge on any atom is -0.477 e. The van der Waals surface area contributed by atoms with Crippen LogP contribution in [0.4, 0.5) is 0 Å². The highest BCUT2D eigenvalue weighted by Crippen LogP contribution is 2.39. The summed E-state index contributed by atoms with van der Waals surface area (Å²) in [5.41, 5.74) is 0. The van der Waals surface area contributed by atoms with E-state index in [4.69, 9.17) is 28.4 Å². The number of carbonyl (C=O) groups is 3. The largest absolute Gasteiger partial charge is 0.477 e. The molecule has 0 aromatic rings. The van der Waals surface area contributed by atoms with E-state index in [2.05, 4.69) is 48.8 Å². The molecule has 18 unspecified atom stereocenters. The second kappa shape index (κ2) is 48.0. The number of aliphatic carboxylic acids is 1. The van der Waals surface area contributed by atoms with Gasteiger partial charge in [-0.05, 0) is 44.9 Å². The molecule has 14 N–H and O–H groups in total. The third-order valence-electron chi connectivity index (χ3n) is 17.7. The SMILES string of the molecule is CCCCCCCCCCC/C=C\C/C=C\CCCCCCCCCC(=O)NC(COC1OC(CO)C(OC2OC(CO)C(O)C(OC3(C(=O)O)CC(O)C(NC(C)=O)C(C(O)C(O)CO)O3)C2O)C(O)C1O)C(O)CCCCCCCCCCCCCCC. The third-order valence-corrected chi connectivity index (χ3v) is 17.7. The van der Waals surface area contributed by atoms with Gasteiger partial charge in [-0.1, -0.05) is 205 Å². The Balaban J connectivity index is 1.58. The van der Waals surface area contributed by atoms with Crippen molar-refractivity contribution in [1.29, 1.82) is 0 Å². The molecule has 0 aromatic carbocycles. The highest BCUT2D eigenvalue weighted by atomic mass is 16.8. The molecule has 3 rings (SSSR count). The lowest BCUT2D eigenvalue weighted by atomic mass is 9.88. The topological polar surface area (TPSA) is 373 Å². The monoisotopic (exact) mass is 1290 g/mol. The van der Waals surface area contributed by atoms with Crippen molar-refractivity contribution >= 4 is 17.8 Å². The van der Waals surface area contributed by atoms with E-state index in [0.29, 0.717) is 19.3 Å². The number of allylic oxidation sites excluding steroid dienone is 4. The van der Waals surface area contributed by atoms with Crippen LogP contribution in [0, 0.1) is 0 Å². The van der Waals surface area contributed by atoms with E-state index >= 15 is 0 Å². The first kappa shape index (κ1) is 81.4. The first-order valence-corrected chi connectivity index (χ1v) is 34.7. The van der Waals surface area contributed by atoms with E-state index in [-0.39, 0.29) is 18.9 Å². The summed E-state index contributed by atoms with van der Waals surface area (Å²) >= 11 is 0. The Kier molecular flexibility index (Phi) is 43.4. The van der Waals surface area contributed by atoms with Gasteiger partial charge in [-0.25, -0.2) is 4.79 Å². The summed E-state index contributed by atoms with van der Waals surface area (Å²) in [5, 5.41) is 136. The van der Waals surface area contributed by atoms with Crippen LogP contribution < -0.4 is 10.6 Å². The van der Waals surface area contributed by atoms with E-state index in [9.17, 15) is 75.7 Å². The maximum absolute atomic E-state index is 13.5. The van der Waals surface area contributed by atoms with Crippen molar-refractivity contribution in [3.05, 3.63) is 24.3 Å². The summed E-state index contributed by atoms with van der Waals surface area (Å²) in [4.78, 5) is 38.5. The lowest BCUT2D eigenvalue weighted by molar-refractivity contribution is -0.386. The quantitative estimate of drug-likeness (QED) is 0.0243. The highest BCUT2D eigenvalue weighted by Gasteiger charge is 2.60. The molecule has 3 heterocycles. The molecule has 0 radical (unpaired) electrons. The molecule has 3 aliphatic heterocycles. The van der Waals surface area contributed by atoms with Crippen LogP contribution >= 0.6 is 0 Å². The van der Waals surface area contributed by atoms with E-state index < -0.39 is 148 Å². The van der Waals surface area contributed by atoms with Gasteiger partial charge in [-0.3, -0.25) is 9.59 Å². The normalized spacial score (nSPS) is 28.7. The van der Waals surface area contributed by atoms with Gasteiger partial charge in [0.15, 0.2) is 12.6 Å². The van der Waals surface area contributed by atoms with E-state index in [1.165, 1.54) is 109 Å². The van der Waals surface area contributed by atoms with Crippen molar-refractivity contribution < 1.29 is 104 Å². The predicted molar refractivity (Wildman–Crippen MR) is 338 cm³/mol. The van der Waals surface area contributed by atoms with Gasteiger partial charge in [-0.2, -0.15) is 0 Å². The number of nitrogens with one attached hydrogen (secondary N) is 2. The Morgan fingerprint density at radius 1 is 0.578 bits per heavy atom. The summed E-state index contributed by atoms with van der Waals surface area (Å²) in [7, 11) is 0. The highest BCUT2D eigenvalue weighted by molar-refractivity contribution is 5.77. The molecule has 23 heteroatoms. The standard InChI is InChI=1S/C67H122N2O21/c1-4-6-8-10-12-14-16-18-19-20-21-22-23-24-25-26-27-29-31-33-35-37-39-41-54(77)69-48(49(74)40-38-36-34-32-30-28-17-15-13-11-9-7-5-2)46-85-64-59(81)58(80)61(53(45-72)87-64)88-65-60(82)63(57(79)52(44-71)86-65)90-67(66(83)84)42-50(75)55(68-47(3)73)62(89-67)56(78)51(76)43-70/h21-22,24-25,48-53,55-65,70-72,74-76,78-82H,4-20,23,26-46H2,1-3H3,(H,68,73)(H,69,77)(H,83,84)/b22-21-,25-24-. The first-order valence-electron chi connectivity index (χ1n) is 34.7. The molecule has 2 amide bonds. The number of hydrogen-bond donors (Lipinski definition) is 14. The maximum atomic E-state index is 13.5. The van der Waals surface area contributed by atoms with Gasteiger partial charge in [0.1, 0.15) is 67.1 Å². The van der Waals surface area contributed by atoms with E-state index in [0.717, 1.165) is 90.4 Å². The summed E-state index contributed by atoms with van der Waals surface area (Å²) in [5.74, 6) is -6.11. The summed E-state index contributed by atoms with van der Waals surface area (Å²) in [6, 6.07) is -2.53. The lowest BCUT2D eigenvalue weighted by Gasteiger charge is -2.50. The lowest BCUT2D eigenvalue weighted by Crippen LogP contribution is -2.70. The fourth-order valence-corrected chi connectivity index (χ4v) is 12.1. The van der Waals surface area contributed by atoms with Crippen molar-refractivity contribution in [1.82, 2.24) is 10.6 Å². The predicted octanol–water partition coefficient (Wildman–Crippen LogP) is 6.06. The van der Waals surface area contributed by atoms with Gasteiger partial charge >= 0.3 is 5.97 Å². The Morgan fingerprint density at radius 2 is 1.07 bits per heavy atom. The summed E-state index contributed by atoms with van der Waals surface area (Å²) in [6.07, 6.45) is 17.6. The molecule has 0 aliphatic carbocycles. The molecular formula is C67H122N2O21. The van der Waals surface area contributed by atoms with E-state index in [1.807, 2.05) is 0 Å². The molecular weight excluding hydrogens is 1170 g/mol. The number of carbonyl (C=O) groups excluding carboxylic acids is 2. The minimum atomic E-state index is -3.08. The van der Waals surface area contributed by atoms with Crippen LogP contribution in [0.5, 0.6) is 0 Å². The number of aliphatic hydroxyl groups is 11.